The Kier molecular flexibility index (Phi) is 5.12. The van der Waals surface area contributed by atoms with Gasteiger partial charge in [-0.25, -0.2) is 4.98 Å². The minimum atomic E-state index is 0.0270. The molecule has 0 radical (unpaired) electrons. The van der Waals surface area contributed by atoms with Crippen LogP contribution < -0.4 is 4.74 Å². The van der Waals surface area contributed by atoms with Crippen LogP contribution in [-0.2, 0) is 7.05 Å². The summed E-state index contributed by atoms with van der Waals surface area (Å²) < 4.78 is 8.24. The molecule has 0 aliphatic carbocycles. The number of pyridine rings is 1. The summed E-state index contributed by atoms with van der Waals surface area (Å²) in [5.74, 6) is 0.875. The van der Waals surface area contributed by atoms with Crippen molar-refractivity contribution >= 4 is 16.7 Å². The molecule has 1 aliphatic heterocycles. The Morgan fingerprint density at radius 2 is 1.81 bits per heavy atom. The average molecular weight is 412 g/mol. The average Bonchev–Trinajstić information content (AvgIpc) is 3.25. The lowest BCUT2D eigenvalue weighted by atomic mass is 10.0. The fourth-order valence-corrected chi connectivity index (χ4v) is 4.14. The molecular formula is C25H24N4O2. The van der Waals surface area contributed by atoms with E-state index in [0.29, 0.717) is 18.8 Å². The molecule has 1 saturated heterocycles. The predicted octanol–water partition coefficient (Wildman–Crippen LogP) is 4.32. The standard InChI is InChI=1S/C25H24N4O2/c1-28-17-27-16-23(28)25(30)29-11-8-21(9-12-29)31-24-14-20(18-5-3-2-4-6-18)13-19-7-10-26-15-22(19)24/h2-7,10,13-17,21H,8-9,11-12H2,1H3. The maximum absolute atomic E-state index is 12.7. The summed E-state index contributed by atoms with van der Waals surface area (Å²) in [5.41, 5.74) is 2.90. The smallest absolute Gasteiger partial charge is 0.272 e. The topological polar surface area (TPSA) is 60.2 Å². The molecule has 2 aromatic carbocycles. The zero-order chi connectivity index (χ0) is 21.2. The van der Waals surface area contributed by atoms with Crippen LogP contribution in [0.25, 0.3) is 21.9 Å². The number of carbonyl (C=O) groups excluding carboxylic acids is 1. The van der Waals surface area contributed by atoms with Crippen LogP contribution in [0.1, 0.15) is 23.3 Å². The van der Waals surface area contributed by atoms with Gasteiger partial charge in [0.05, 0.1) is 12.5 Å². The second-order valence-electron chi connectivity index (χ2n) is 7.94. The van der Waals surface area contributed by atoms with Crippen molar-refractivity contribution in [1.82, 2.24) is 19.4 Å². The van der Waals surface area contributed by atoms with Gasteiger partial charge in [0.15, 0.2) is 0 Å². The molecule has 1 fully saturated rings. The number of benzene rings is 2. The van der Waals surface area contributed by atoms with Gasteiger partial charge >= 0.3 is 0 Å². The lowest BCUT2D eigenvalue weighted by molar-refractivity contribution is 0.0589. The summed E-state index contributed by atoms with van der Waals surface area (Å²) in [6.45, 7) is 1.34. The van der Waals surface area contributed by atoms with E-state index in [1.807, 2.05) is 48.6 Å². The number of imidazole rings is 1. The quantitative estimate of drug-likeness (QED) is 0.501. The maximum atomic E-state index is 12.7. The number of likely N-dealkylation sites (tertiary alicyclic amines) is 1. The van der Waals surface area contributed by atoms with Gasteiger partial charge in [-0.3, -0.25) is 9.78 Å². The lowest BCUT2D eigenvalue weighted by Crippen LogP contribution is -2.42. The third kappa shape index (κ3) is 3.89. The summed E-state index contributed by atoms with van der Waals surface area (Å²) in [6.07, 6.45) is 8.59. The normalized spacial score (nSPS) is 14.7. The maximum Gasteiger partial charge on any atom is 0.272 e. The third-order valence-corrected chi connectivity index (χ3v) is 5.88. The van der Waals surface area contributed by atoms with Crippen molar-refractivity contribution in [2.45, 2.75) is 18.9 Å². The number of hydrogen-bond donors (Lipinski definition) is 0. The van der Waals surface area contributed by atoms with E-state index in [1.54, 1.807) is 17.1 Å². The Hall–Kier alpha value is -3.67. The van der Waals surface area contributed by atoms with Crippen LogP contribution >= 0.6 is 0 Å². The molecule has 1 amide bonds. The van der Waals surface area contributed by atoms with Gasteiger partial charge in [0.2, 0.25) is 0 Å². The number of amides is 1. The highest BCUT2D eigenvalue weighted by Crippen LogP contribution is 2.33. The Morgan fingerprint density at radius 3 is 2.55 bits per heavy atom. The number of fused-ring (bicyclic) bond motifs is 1. The van der Waals surface area contributed by atoms with Crippen LogP contribution in [0.3, 0.4) is 0 Å². The first-order valence-corrected chi connectivity index (χ1v) is 10.5. The molecule has 4 aromatic rings. The van der Waals surface area contributed by atoms with Crippen LogP contribution in [0.5, 0.6) is 5.75 Å². The Bertz CT molecular complexity index is 1210. The van der Waals surface area contributed by atoms with Gasteiger partial charge in [-0.05, 0) is 34.7 Å². The first kappa shape index (κ1) is 19.3. The van der Waals surface area contributed by atoms with Crippen LogP contribution in [0.4, 0.5) is 0 Å². The number of ether oxygens (including phenoxy) is 1. The predicted molar refractivity (Wildman–Crippen MR) is 120 cm³/mol. The molecule has 0 bridgehead atoms. The minimum absolute atomic E-state index is 0.0270. The number of aromatic nitrogens is 3. The molecular weight excluding hydrogens is 388 g/mol. The van der Waals surface area contributed by atoms with Crippen molar-refractivity contribution in [1.29, 1.82) is 0 Å². The van der Waals surface area contributed by atoms with Crippen molar-refractivity contribution in [2.24, 2.45) is 7.05 Å². The Balaban J connectivity index is 1.35. The molecule has 156 valence electrons. The Labute approximate surface area is 181 Å². The molecule has 6 nitrogen and oxygen atoms in total. The van der Waals surface area contributed by atoms with E-state index in [4.69, 9.17) is 4.74 Å². The SMILES string of the molecule is Cn1cncc1C(=O)N1CCC(Oc2cc(-c3ccccc3)cc3ccncc23)CC1. The van der Waals surface area contributed by atoms with E-state index in [-0.39, 0.29) is 12.0 Å². The number of rotatable bonds is 4. The molecule has 31 heavy (non-hydrogen) atoms. The third-order valence-electron chi connectivity index (χ3n) is 5.88. The van der Waals surface area contributed by atoms with Crippen LogP contribution in [0.2, 0.25) is 0 Å². The number of nitrogens with zero attached hydrogens (tertiary/aromatic N) is 4. The van der Waals surface area contributed by atoms with Gasteiger partial charge < -0.3 is 14.2 Å². The van der Waals surface area contributed by atoms with Crippen molar-refractivity contribution in [3.63, 3.8) is 0 Å². The van der Waals surface area contributed by atoms with Crippen molar-refractivity contribution in [3.05, 3.63) is 79.1 Å². The highest BCUT2D eigenvalue weighted by atomic mass is 16.5. The number of hydrogen-bond acceptors (Lipinski definition) is 4. The molecule has 2 aromatic heterocycles. The first-order chi connectivity index (χ1) is 15.2. The summed E-state index contributed by atoms with van der Waals surface area (Å²) >= 11 is 0. The highest BCUT2D eigenvalue weighted by molar-refractivity contribution is 5.93. The van der Waals surface area contributed by atoms with E-state index >= 15 is 0 Å². The molecule has 5 rings (SSSR count). The van der Waals surface area contributed by atoms with Gasteiger partial charge in [0, 0.05) is 50.8 Å². The van der Waals surface area contributed by atoms with E-state index in [0.717, 1.165) is 40.5 Å². The molecule has 0 atom stereocenters. The molecule has 0 saturated carbocycles. The summed E-state index contributed by atoms with van der Waals surface area (Å²) in [7, 11) is 1.84. The largest absolute Gasteiger partial charge is 0.490 e. The molecule has 6 heteroatoms. The van der Waals surface area contributed by atoms with E-state index < -0.39 is 0 Å². The van der Waals surface area contributed by atoms with Crippen molar-refractivity contribution in [2.75, 3.05) is 13.1 Å². The molecule has 0 spiro atoms. The monoisotopic (exact) mass is 412 g/mol. The van der Waals surface area contributed by atoms with Crippen LogP contribution in [-0.4, -0.2) is 44.5 Å². The zero-order valence-electron chi connectivity index (χ0n) is 17.4. The molecule has 0 unspecified atom stereocenters. The molecule has 1 aliphatic rings. The fourth-order valence-electron chi connectivity index (χ4n) is 4.14. The number of aryl methyl sites for hydroxylation is 1. The van der Waals surface area contributed by atoms with Crippen molar-refractivity contribution < 1.29 is 9.53 Å². The summed E-state index contributed by atoms with van der Waals surface area (Å²) in [4.78, 5) is 23.0. The number of carbonyl (C=O) groups is 1. The molecule has 3 heterocycles. The first-order valence-electron chi connectivity index (χ1n) is 10.5. The van der Waals surface area contributed by atoms with Gasteiger partial charge in [-0.15, -0.1) is 0 Å². The highest BCUT2D eigenvalue weighted by Gasteiger charge is 2.26. The second kappa shape index (κ2) is 8.22. The van der Waals surface area contributed by atoms with E-state index in [9.17, 15) is 4.79 Å². The lowest BCUT2D eigenvalue weighted by Gasteiger charge is -2.32. The van der Waals surface area contributed by atoms with Gasteiger partial charge in [0.25, 0.3) is 5.91 Å². The number of piperidine rings is 1. The van der Waals surface area contributed by atoms with Crippen LogP contribution in [0.15, 0.2) is 73.4 Å². The van der Waals surface area contributed by atoms with E-state index in [1.165, 1.54) is 0 Å². The summed E-state index contributed by atoms with van der Waals surface area (Å²) in [5, 5.41) is 2.12. The minimum Gasteiger partial charge on any atom is -0.490 e. The van der Waals surface area contributed by atoms with Crippen molar-refractivity contribution in [3.8, 4) is 16.9 Å². The Morgan fingerprint density at radius 1 is 1.00 bits per heavy atom. The summed E-state index contributed by atoms with van der Waals surface area (Å²) in [6, 6.07) is 16.6. The molecule has 0 N–H and O–H groups in total. The van der Waals surface area contributed by atoms with Gasteiger partial charge in [0.1, 0.15) is 17.5 Å². The van der Waals surface area contributed by atoms with Gasteiger partial charge in [-0.1, -0.05) is 30.3 Å². The fraction of sp³-hybridized carbons (Fsp3) is 0.240. The van der Waals surface area contributed by atoms with Crippen LogP contribution in [0, 0.1) is 0 Å². The van der Waals surface area contributed by atoms with E-state index in [2.05, 4.69) is 34.2 Å². The second-order valence-corrected chi connectivity index (χ2v) is 7.94. The zero-order valence-corrected chi connectivity index (χ0v) is 17.4. The van der Waals surface area contributed by atoms with Gasteiger partial charge in [-0.2, -0.15) is 0 Å².